The Morgan fingerprint density at radius 1 is 1.21 bits per heavy atom. The van der Waals surface area contributed by atoms with Crippen LogP contribution in [-0.4, -0.2) is 4.57 Å². The molecule has 0 aliphatic carbocycles. The van der Waals surface area contributed by atoms with Crippen LogP contribution in [0.25, 0.3) is 21.9 Å². The summed E-state index contributed by atoms with van der Waals surface area (Å²) in [6.07, 6.45) is 5.49. The summed E-state index contributed by atoms with van der Waals surface area (Å²) >= 11 is 0. The van der Waals surface area contributed by atoms with Gasteiger partial charge in [-0.25, -0.2) is 0 Å². The first-order chi connectivity index (χ1) is 6.88. The molecule has 0 amide bonds. The molecule has 0 saturated heterocycles. The minimum absolute atomic E-state index is 0.813. The van der Waals surface area contributed by atoms with Gasteiger partial charge in [0.2, 0.25) is 0 Å². The predicted molar refractivity (Wildman–Crippen MR) is 52.7 cm³/mol. The molecular weight excluding hydrogens is 176 g/mol. The molecule has 0 bridgehead atoms. The summed E-state index contributed by atoms with van der Waals surface area (Å²) in [6, 6.07) is 7.74. The van der Waals surface area contributed by atoms with Crippen LogP contribution in [0, 0.1) is 11.5 Å². The Morgan fingerprint density at radius 2 is 2.14 bits per heavy atom. The SMILES string of the molecule is N#Cn1ccc2cc3ccoc3cc21. The average molecular weight is 182 g/mol. The number of hydrogen-bond acceptors (Lipinski definition) is 2. The summed E-state index contributed by atoms with van der Waals surface area (Å²) in [5, 5.41) is 10.9. The molecule has 3 aromatic rings. The van der Waals surface area contributed by atoms with Gasteiger partial charge in [-0.15, -0.1) is 0 Å². The molecule has 3 rings (SSSR count). The lowest BCUT2D eigenvalue weighted by Gasteiger charge is -1.93. The number of aromatic nitrogens is 1. The van der Waals surface area contributed by atoms with Crippen LogP contribution < -0.4 is 0 Å². The second kappa shape index (κ2) is 2.39. The van der Waals surface area contributed by atoms with E-state index in [1.54, 1.807) is 12.5 Å². The third-order valence-electron chi connectivity index (χ3n) is 2.37. The van der Waals surface area contributed by atoms with Crippen molar-refractivity contribution in [3.05, 3.63) is 36.7 Å². The number of nitrogens with zero attached hydrogens (tertiary/aromatic N) is 2. The Balaban J connectivity index is 2.54. The summed E-state index contributed by atoms with van der Waals surface area (Å²) in [6.45, 7) is 0. The van der Waals surface area contributed by atoms with Gasteiger partial charge >= 0.3 is 0 Å². The lowest BCUT2D eigenvalue weighted by Crippen LogP contribution is -1.82. The second-order valence-electron chi connectivity index (χ2n) is 3.16. The standard InChI is InChI=1S/C11H6N2O/c12-7-13-3-1-8-5-9-2-4-14-11(9)6-10(8)13/h1-6H. The molecular formula is C11H6N2O. The first kappa shape index (κ1) is 7.22. The topological polar surface area (TPSA) is 41.9 Å². The maximum absolute atomic E-state index is 8.83. The van der Waals surface area contributed by atoms with Gasteiger partial charge in [0, 0.05) is 23.0 Å². The van der Waals surface area contributed by atoms with Gasteiger partial charge in [-0.05, 0) is 18.2 Å². The highest BCUT2D eigenvalue weighted by Gasteiger charge is 2.03. The van der Waals surface area contributed by atoms with Crippen LogP contribution in [-0.2, 0) is 0 Å². The first-order valence-electron chi connectivity index (χ1n) is 4.27. The van der Waals surface area contributed by atoms with E-state index >= 15 is 0 Å². The molecule has 0 aliphatic heterocycles. The summed E-state index contributed by atoms with van der Waals surface area (Å²) < 4.78 is 6.80. The van der Waals surface area contributed by atoms with Gasteiger partial charge in [-0.3, -0.25) is 4.57 Å². The summed E-state index contributed by atoms with van der Waals surface area (Å²) in [7, 11) is 0. The van der Waals surface area contributed by atoms with Crippen molar-refractivity contribution in [3.63, 3.8) is 0 Å². The van der Waals surface area contributed by atoms with Crippen molar-refractivity contribution >= 4 is 21.9 Å². The molecule has 0 fully saturated rings. The van der Waals surface area contributed by atoms with Crippen LogP contribution in [0.1, 0.15) is 0 Å². The van der Waals surface area contributed by atoms with Crippen LogP contribution in [0.3, 0.4) is 0 Å². The molecule has 2 aromatic heterocycles. The highest BCUT2D eigenvalue weighted by atomic mass is 16.3. The van der Waals surface area contributed by atoms with Crippen molar-refractivity contribution in [1.29, 1.82) is 5.26 Å². The van der Waals surface area contributed by atoms with E-state index in [1.807, 2.05) is 24.3 Å². The third-order valence-corrected chi connectivity index (χ3v) is 2.37. The Hall–Kier alpha value is -2.21. The Labute approximate surface area is 79.8 Å². The van der Waals surface area contributed by atoms with E-state index in [4.69, 9.17) is 9.68 Å². The molecule has 0 N–H and O–H groups in total. The third kappa shape index (κ3) is 0.798. The van der Waals surface area contributed by atoms with Crippen LogP contribution >= 0.6 is 0 Å². The molecule has 3 nitrogen and oxygen atoms in total. The van der Waals surface area contributed by atoms with Crippen molar-refractivity contribution in [1.82, 2.24) is 4.57 Å². The van der Waals surface area contributed by atoms with Gasteiger partial charge < -0.3 is 4.42 Å². The largest absolute Gasteiger partial charge is 0.464 e. The maximum atomic E-state index is 8.83. The van der Waals surface area contributed by atoms with Gasteiger partial charge in [0.1, 0.15) is 5.58 Å². The van der Waals surface area contributed by atoms with Crippen LogP contribution in [0.5, 0.6) is 0 Å². The summed E-state index contributed by atoms with van der Waals surface area (Å²) in [4.78, 5) is 0. The van der Waals surface area contributed by atoms with E-state index < -0.39 is 0 Å². The molecule has 14 heavy (non-hydrogen) atoms. The zero-order chi connectivity index (χ0) is 9.54. The minimum atomic E-state index is 0.813. The van der Waals surface area contributed by atoms with E-state index in [2.05, 4.69) is 6.19 Å². The van der Waals surface area contributed by atoms with Crippen molar-refractivity contribution in [2.45, 2.75) is 0 Å². The number of hydrogen-bond donors (Lipinski definition) is 0. The molecule has 0 unspecified atom stereocenters. The smallest absolute Gasteiger partial charge is 0.188 e. The molecule has 0 aliphatic rings. The van der Waals surface area contributed by atoms with Gasteiger partial charge in [-0.2, -0.15) is 5.26 Å². The van der Waals surface area contributed by atoms with Crippen LogP contribution in [0.2, 0.25) is 0 Å². The minimum Gasteiger partial charge on any atom is -0.464 e. The van der Waals surface area contributed by atoms with Crippen LogP contribution in [0.4, 0.5) is 0 Å². The van der Waals surface area contributed by atoms with E-state index in [0.29, 0.717) is 0 Å². The maximum Gasteiger partial charge on any atom is 0.188 e. The number of furan rings is 1. The lowest BCUT2D eigenvalue weighted by molar-refractivity contribution is 0.616. The molecule has 0 spiro atoms. The Kier molecular flexibility index (Phi) is 1.23. The van der Waals surface area contributed by atoms with E-state index in [-0.39, 0.29) is 0 Å². The predicted octanol–water partition coefficient (Wildman–Crippen LogP) is 2.72. The fourth-order valence-electron chi connectivity index (χ4n) is 1.68. The van der Waals surface area contributed by atoms with Gasteiger partial charge in [-0.1, -0.05) is 0 Å². The van der Waals surface area contributed by atoms with Crippen molar-refractivity contribution in [2.75, 3.05) is 0 Å². The number of nitriles is 1. The lowest BCUT2D eigenvalue weighted by atomic mass is 10.2. The molecule has 3 heteroatoms. The highest BCUT2D eigenvalue weighted by molar-refractivity contribution is 5.94. The van der Waals surface area contributed by atoms with Crippen molar-refractivity contribution < 1.29 is 4.42 Å². The highest BCUT2D eigenvalue weighted by Crippen LogP contribution is 2.23. The zero-order valence-corrected chi connectivity index (χ0v) is 7.27. The molecule has 66 valence electrons. The number of fused-ring (bicyclic) bond motifs is 2. The summed E-state index contributed by atoms with van der Waals surface area (Å²) in [5.74, 6) is 0. The van der Waals surface area contributed by atoms with Gasteiger partial charge in [0.05, 0.1) is 11.8 Å². The normalized spacial score (nSPS) is 10.8. The molecule has 0 radical (unpaired) electrons. The fourth-order valence-corrected chi connectivity index (χ4v) is 1.68. The first-order valence-corrected chi connectivity index (χ1v) is 4.27. The zero-order valence-electron chi connectivity index (χ0n) is 7.27. The van der Waals surface area contributed by atoms with E-state index in [9.17, 15) is 0 Å². The Morgan fingerprint density at radius 3 is 3.00 bits per heavy atom. The van der Waals surface area contributed by atoms with Crippen LogP contribution in [0.15, 0.2) is 41.1 Å². The van der Waals surface area contributed by atoms with Gasteiger partial charge in [0.15, 0.2) is 6.19 Å². The number of benzene rings is 1. The number of rotatable bonds is 0. The molecule has 1 aromatic carbocycles. The Bertz CT molecular complexity index is 655. The van der Waals surface area contributed by atoms with Gasteiger partial charge in [0.25, 0.3) is 0 Å². The van der Waals surface area contributed by atoms with E-state index in [1.165, 1.54) is 4.57 Å². The van der Waals surface area contributed by atoms with Crippen molar-refractivity contribution in [2.24, 2.45) is 0 Å². The second-order valence-corrected chi connectivity index (χ2v) is 3.16. The summed E-state index contributed by atoms with van der Waals surface area (Å²) in [5.41, 5.74) is 1.70. The molecule has 0 saturated carbocycles. The fraction of sp³-hybridized carbons (Fsp3) is 0. The van der Waals surface area contributed by atoms with E-state index in [0.717, 1.165) is 21.9 Å². The quantitative estimate of drug-likeness (QED) is 0.536. The monoisotopic (exact) mass is 182 g/mol. The average Bonchev–Trinajstić information content (AvgIpc) is 2.78. The van der Waals surface area contributed by atoms with Crippen molar-refractivity contribution in [3.8, 4) is 6.19 Å². The molecule has 0 atom stereocenters. The molecule has 2 heterocycles.